The third kappa shape index (κ3) is 2.68. The third-order valence-electron chi connectivity index (χ3n) is 2.38. The number of hydrogen-bond donors (Lipinski definition) is 1. The molecule has 100 valence electrons. The molecular formula is C12H11ClN2O4. The predicted octanol–water partition coefficient (Wildman–Crippen LogP) is 2.58. The molecule has 2 rings (SSSR count). The fourth-order valence-electron chi connectivity index (χ4n) is 1.48. The molecule has 1 aromatic heterocycles. The minimum atomic E-state index is -0.678. The Hall–Kier alpha value is -2.08. The number of hydrogen-bond acceptors (Lipinski definition) is 6. The van der Waals surface area contributed by atoms with Crippen LogP contribution in [0.1, 0.15) is 23.2 Å². The van der Waals surface area contributed by atoms with Crippen molar-refractivity contribution in [1.82, 2.24) is 10.2 Å². The lowest BCUT2D eigenvalue weighted by atomic mass is 10.1. The first-order chi connectivity index (χ1) is 9.02. The molecule has 7 heteroatoms. The lowest BCUT2D eigenvalue weighted by Crippen LogP contribution is -2.04. The van der Waals surface area contributed by atoms with Crippen molar-refractivity contribution in [1.29, 1.82) is 0 Å². The van der Waals surface area contributed by atoms with Crippen molar-refractivity contribution < 1.29 is 19.1 Å². The zero-order chi connectivity index (χ0) is 14.0. The number of rotatable bonds is 3. The molecule has 0 aliphatic rings. The van der Waals surface area contributed by atoms with Crippen molar-refractivity contribution in [3.63, 3.8) is 0 Å². The lowest BCUT2D eigenvalue weighted by molar-refractivity contribution is 0.0481. The van der Waals surface area contributed by atoms with Crippen LogP contribution in [0.2, 0.25) is 5.02 Å². The summed E-state index contributed by atoms with van der Waals surface area (Å²) < 4.78 is 9.94. The minimum Gasteiger partial charge on any atom is -0.506 e. The van der Waals surface area contributed by atoms with Gasteiger partial charge in [-0.1, -0.05) is 11.6 Å². The molecule has 0 bridgehead atoms. The summed E-state index contributed by atoms with van der Waals surface area (Å²) in [5.41, 5.74) is 1.08. The van der Waals surface area contributed by atoms with E-state index >= 15 is 0 Å². The highest BCUT2D eigenvalue weighted by molar-refractivity contribution is 6.32. The fraction of sp³-hybridized carbons (Fsp3) is 0.250. The molecule has 0 atom stereocenters. The topological polar surface area (TPSA) is 85.5 Å². The quantitative estimate of drug-likeness (QED) is 0.871. The van der Waals surface area contributed by atoms with Crippen molar-refractivity contribution in [2.75, 3.05) is 6.61 Å². The maximum atomic E-state index is 11.4. The maximum Gasteiger partial charge on any atom is 0.396 e. The van der Waals surface area contributed by atoms with Gasteiger partial charge >= 0.3 is 11.9 Å². The average Bonchev–Trinajstić information content (AvgIpc) is 2.85. The molecule has 1 heterocycles. The van der Waals surface area contributed by atoms with Crippen LogP contribution in [-0.4, -0.2) is 27.9 Å². The highest BCUT2D eigenvalue weighted by atomic mass is 35.5. The molecule has 0 aliphatic heterocycles. The Morgan fingerprint density at radius 1 is 1.47 bits per heavy atom. The Morgan fingerprint density at radius 2 is 2.21 bits per heavy atom. The van der Waals surface area contributed by atoms with Gasteiger partial charge in [-0.2, -0.15) is 0 Å². The molecule has 6 nitrogen and oxygen atoms in total. The number of nitrogens with zero attached hydrogens (tertiary/aromatic N) is 2. The Bertz CT molecular complexity index is 601. The third-order valence-corrected chi connectivity index (χ3v) is 2.66. The normalized spacial score (nSPS) is 10.5. The van der Waals surface area contributed by atoms with Crippen LogP contribution in [0.3, 0.4) is 0 Å². The van der Waals surface area contributed by atoms with Gasteiger partial charge in [-0.05, 0) is 31.5 Å². The molecule has 0 saturated heterocycles. The summed E-state index contributed by atoms with van der Waals surface area (Å²) in [6.07, 6.45) is 0. The van der Waals surface area contributed by atoms with Crippen molar-refractivity contribution in [3.05, 3.63) is 28.6 Å². The predicted molar refractivity (Wildman–Crippen MR) is 67.1 cm³/mol. The van der Waals surface area contributed by atoms with Crippen LogP contribution in [0.15, 0.2) is 16.5 Å². The highest BCUT2D eigenvalue weighted by Crippen LogP contribution is 2.32. The Balaban J connectivity index is 2.35. The van der Waals surface area contributed by atoms with Gasteiger partial charge < -0.3 is 14.3 Å². The smallest absolute Gasteiger partial charge is 0.396 e. The van der Waals surface area contributed by atoms with Crippen molar-refractivity contribution >= 4 is 17.6 Å². The largest absolute Gasteiger partial charge is 0.506 e. The highest BCUT2D eigenvalue weighted by Gasteiger charge is 2.18. The van der Waals surface area contributed by atoms with E-state index in [2.05, 4.69) is 10.2 Å². The maximum absolute atomic E-state index is 11.4. The minimum absolute atomic E-state index is 0.00412. The van der Waals surface area contributed by atoms with E-state index in [1.165, 1.54) is 6.07 Å². The Labute approximate surface area is 114 Å². The second-order valence-electron chi connectivity index (χ2n) is 3.76. The number of aromatic hydroxyl groups is 1. The molecule has 0 spiro atoms. The molecular weight excluding hydrogens is 272 g/mol. The molecule has 0 saturated carbocycles. The van der Waals surface area contributed by atoms with Crippen molar-refractivity contribution in [2.24, 2.45) is 0 Å². The summed E-state index contributed by atoms with van der Waals surface area (Å²) in [5, 5.41) is 17.1. The first kappa shape index (κ1) is 13.4. The number of phenolic OH excluding ortho intramolecular Hbond substituents is 1. The van der Waals surface area contributed by atoms with Crippen molar-refractivity contribution in [3.8, 4) is 17.2 Å². The SMILES string of the molecule is CCOC(=O)c1nnc(-c2cc(C)c(O)c(Cl)c2)o1. The molecule has 19 heavy (non-hydrogen) atoms. The van der Waals surface area contributed by atoms with E-state index in [0.717, 1.165) is 0 Å². The van der Waals surface area contributed by atoms with Crippen LogP contribution in [0.5, 0.6) is 5.75 Å². The summed E-state index contributed by atoms with van der Waals surface area (Å²) in [7, 11) is 0. The first-order valence-electron chi connectivity index (χ1n) is 5.53. The fourth-order valence-corrected chi connectivity index (χ4v) is 1.74. The van der Waals surface area contributed by atoms with E-state index in [-0.39, 0.29) is 29.2 Å². The number of esters is 1. The molecule has 0 radical (unpaired) electrons. The van der Waals surface area contributed by atoms with Gasteiger partial charge in [-0.15, -0.1) is 10.2 Å². The summed E-state index contributed by atoms with van der Waals surface area (Å²) in [6, 6.07) is 3.11. The standard InChI is InChI=1S/C12H11ClN2O4/c1-3-18-12(17)11-15-14-10(19-11)7-4-6(2)9(16)8(13)5-7/h4-5,16H,3H2,1-2H3. The van der Waals surface area contributed by atoms with E-state index in [1.54, 1.807) is 19.9 Å². The van der Waals surface area contributed by atoms with Gasteiger partial charge in [-0.25, -0.2) is 4.79 Å². The number of benzene rings is 1. The van der Waals surface area contributed by atoms with E-state index in [0.29, 0.717) is 11.1 Å². The number of halogens is 1. The van der Waals surface area contributed by atoms with Gasteiger partial charge in [0.05, 0.1) is 11.6 Å². The van der Waals surface area contributed by atoms with Crippen LogP contribution < -0.4 is 0 Å². The summed E-state index contributed by atoms with van der Waals surface area (Å²) in [4.78, 5) is 11.4. The van der Waals surface area contributed by atoms with Crippen molar-refractivity contribution in [2.45, 2.75) is 13.8 Å². The lowest BCUT2D eigenvalue weighted by Gasteiger charge is -2.03. The van der Waals surface area contributed by atoms with E-state index in [9.17, 15) is 9.90 Å². The first-order valence-corrected chi connectivity index (χ1v) is 5.90. The van der Waals surface area contributed by atoms with Gasteiger partial charge in [0.2, 0.25) is 5.89 Å². The van der Waals surface area contributed by atoms with E-state index < -0.39 is 5.97 Å². The monoisotopic (exact) mass is 282 g/mol. The van der Waals surface area contributed by atoms with Crippen LogP contribution in [0.25, 0.3) is 11.5 Å². The average molecular weight is 283 g/mol. The number of aryl methyl sites for hydroxylation is 1. The molecule has 1 aromatic carbocycles. The van der Waals surface area contributed by atoms with Gasteiger partial charge in [0.1, 0.15) is 5.75 Å². The molecule has 0 unspecified atom stereocenters. The zero-order valence-corrected chi connectivity index (χ0v) is 11.1. The number of phenols is 1. The van der Waals surface area contributed by atoms with Crippen LogP contribution >= 0.6 is 11.6 Å². The Morgan fingerprint density at radius 3 is 2.84 bits per heavy atom. The molecule has 0 aliphatic carbocycles. The summed E-state index contributed by atoms with van der Waals surface area (Å²) in [6.45, 7) is 3.59. The molecule has 0 fully saturated rings. The van der Waals surface area contributed by atoms with Crippen LogP contribution in [0.4, 0.5) is 0 Å². The molecule has 1 N–H and O–H groups in total. The number of aromatic nitrogens is 2. The Kier molecular flexibility index (Phi) is 3.71. The number of ether oxygens (including phenoxy) is 1. The van der Waals surface area contributed by atoms with Crippen LogP contribution in [0, 0.1) is 6.92 Å². The second kappa shape index (κ2) is 5.27. The second-order valence-corrected chi connectivity index (χ2v) is 4.16. The van der Waals surface area contributed by atoms with Gasteiger partial charge in [0.25, 0.3) is 0 Å². The van der Waals surface area contributed by atoms with E-state index in [1.807, 2.05) is 0 Å². The van der Waals surface area contributed by atoms with Gasteiger partial charge in [-0.3, -0.25) is 0 Å². The summed E-state index contributed by atoms with van der Waals surface area (Å²) in [5.74, 6) is -0.773. The van der Waals surface area contributed by atoms with Gasteiger partial charge in [0, 0.05) is 5.56 Å². The zero-order valence-electron chi connectivity index (χ0n) is 10.3. The molecule has 2 aromatic rings. The van der Waals surface area contributed by atoms with E-state index in [4.69, 9.17) is 20.8 Å². The number of carbonyl (C=O) groups is 1. The van der Waals surface area contributed by atoms with Gasteiger partial charge in [0.15, 0.2) is 0 Å². The summed E-state index contributed by atoms with van der Waals surface area (Å²) >= 11 is 5.86. The number of carbonyl (C=O) groups excluding carboxylic acids is 1. The molecule has 0 amide bonds. The van der Waals surface area contributed by atoms with Crippen LogP contribution in [-0.2, 0) is 4.74 Å².